The number of hydrogen-bond acceptors (Lipinski definition) is 4. The van der Waals surface area contributed by atoms with Crippen LogP contribution in [0.2, 0.25) is 0 Å². The van der Waals surface area contributed by atoms with Gasteiger partial charge in [0.1, 0.15) is 6.33 Å². The lowest BCUT2D eigenvalue weighted by atomic mass is 10.3. The Bertz CT molecular complexity index is 341. The van der Waals surface area contributed by atoms with E-state index in [0.717, 1.165) is 31.0 Å². The standard InChI is InChI=1S/C9H15N5/c1-7(9-11-6-14(2)13-9)12-8-4-3-5-10-8/h6-7H,3-5H2,1-2H3,(H,10,12). The Morgan fingerprint density at radius 1 is 1.57 bits per heavy atom. The van der Waals surface area contributed by atoms with Crippen LogP contribution in [0.25, 0.3) is 0 Å². The van der Waals surface area contributed by atoms with Gasteiger partial charge in [0.05, 0.1) is 11.9 Å². The van der Waals surface area contributed by atoms with Gasteiger partial charge in [-0.15, -0.1) is 0 Å². The highest BCUT2D eigenvalue weighted by atomic mass is 15.3. The molecule has 1 aromatic rings. The normalized spacial score (nSPS) is 18.0. The van der Waals surface area contributed by atoms with Crippen LogP contribution in [0.3, 0.4) is 0 Å². The second-order valence-electron chi connectivity index (χ2n) is 3.57. The smallest absolute Gasteiger partial charge is 0.172 e. The fourth-order valence-electron chi connectivity index (χ4n) is 1.53. The summed E-state index contributed by atoms with van der Waals surface area (Å²) in [6, 6.07) is 0.146. The van der Waals surface area contributed by atoms with E-state index in [1.807, 2.05) is 7.05 Å². The highest BCUT2D eigenvalue weighted by molar-refractivity contribution is 5.83. The van der Waals surface area contributed by atoms with Gasteiger partial charge in [0.15, 0.2) is 5.82 Å². The predicted octanol–water partition coefficient (Wildman–Crippen LogP) is 0.658. The highest BCUT2D eigenvalue weighted by Gasteiger charge is 2.13. The molecule has 0 aromatic carbocycles. The predicted molar refractivity (Wildman–Crippen MR) is 54.1 cm³/mol. The Balaban J connectivity index is 1.98. The second-order valence-corrected chi connectivity index (χ2v) is 3.57. The zero-order valence-electron chi connectivity index (χ0n) is 8.56. The number of amidine groups is 1. The molecule has 0 bridgehead atoms. The summed E-state index contributed by atoms with van der Waals surface area (Å²) in [5, 5.41) is 7.56. The minimum absolute atomic E-state index is 0.146. The van der Waals surface area contributed by atoms with Crippen LogP contribution in [0.1, 0.15) is 31.6 Å². The first kappa shape index (κ1) is 9.18. The summed E-state index contributed by atoms with van der Waals surface area (Å²) < 4.78 is 1.71. The summed E-state index contributed by atoms with van der Waals surface area (Å²) in [6.45, 7) is 3.00. The molecule has 0 spiro atoms. The lowest BCUT2D eigenvalue weighted by Crippen LogP contribution is -2.25. The van der Waals surface area contributed by atoms with Gasteiger partial charge in [-0.05, 0) is 13.3 Å². The topological polar surface area (TPSA) is 55.1 Å². The number of aliphatic imine (C=N–C) groups is 1. The van der Waals surface area contributed by atoms with Crippen molar-refractivity contribution in [1.82, 2.24) is 20.1 Å². The first-order valence-corrected chi connectivity index (χ1v) is 4.91. The number of nitrogens with one attached hydrogen (secondary N) is 1. The largest absolute Gasteiger partial charge is 0.364 e. The molecule has 0 amide bonds. The molecule has 0 radical (unpaired) electrons. The quantitative estimate of drug-likeness (QED) is 0.750. The van der Waals surface area contributed by atoms with Gasteiger partial charge in [-0.2, -0.15) is 5.10 Å². The minimum atomic E-state index is 0.146. The van der Waals surface area contributed by atoms with E-state index in [0.29, 0.717) is 0 Å². The maximum atomic E-state index is 4.35. The zero-order valence-corrected chi connectivity index (χ0v) is 8.56. The fraction of sp³-hybridized carbons (Fsp3) is 0.667. The molecule has 5 nitrogen and oxygen atoms in total. The van der Waals surface area contributed by atoms with Crippen molar-refractivity contribution in [2.24, 2.45) is 12.0 Å². The molecular weight excluding hydrogens is 178 g/mol. The third-order valence-electron chi connectivity index (χ3n) is 2.26. The Kier molecular flexibility index (Phi) is 2.47. The van der Waals surface area contributed by atoms with Gasteiger partial charge in [0, 0.05) is 20.0 Å². The number of hydrogen-bond donors (Lipinski definition) is 1. The molecule has 0 saturated heterocycles. The van der Waals surface area contributed by atoms with Crippen LogP contribution in [-0.2, 0) is 7.05 Å². The van der Waals surface area contributed by atoms with Gasteiger partial charge in [0.25, 0.3) is 0 Å². The van der Waals surface area contributed by atoms with E-state index in [9.17, 15) is 0 Å². The SMILES string of the molecule is CC(NC1=NCCC1)c1ncn(C)n1. The molecule has 0 saturated carbocycles. The van der Waals surface area contributed by atoms with E-state index >= 15 is 0 Å². The molecule has 1 unspecified atom stereocenters. The molecule has 1 atom stereocenters. The van der Waals surface area contributed by atoms with E-state index < -0.39 is 0 Å². The summed E-state index contributed by atoms with van der Waals surface area (Å²) in [5.41, 5.74) is 0. The van der Waals surface area contributed by atoms with Gasteiger partial charge in [-0.1, -0.05) is 0 Å². The second kappa shape index (κ2) is 3.77. The van der Waals surface area contributed by atoms with Crippen molar-refractivity contribution in [2.45, 2.75) is 25.8 Å². The zero-order chi connectivity index (χ0) is 9.97. The van der Waals surface area contributed by atoms with E-state index in [-0.39, 0.29) is 6.04 Å². The lowest BCUT2D eigenvalue weighted by molar-refractivity contribution is 0.639. The van der Waals surface area contributed by atoms with Crippen LogP contribution in [0.5, 0.6) is 0 Å². The lowest BCUT2D eigenvalue weighted by Gasteiger charge is -2.10. The van der Waals surface area contributed by atoms with Crippen molar-refractivity contribution in [3.8, 4) is 0 Å². The van der Waals surface area contributed by atoms with Crippen LogP contribution in [0.15, 0.2) is 11.3 Å². The molecule has 2 rings (SSSR count). The maximum Gasteiger partial charge on any atom is 0.172 e. The van der Waals surface area contributed by atoms with E-state index in [1.165, 1.54) is 0 Å². The van der Waals surface area contributed by atoms with Crippen LogP contribution >= 0.6 is 0 Å². The van der Waals surface area contributed by atoms with Crippen LogP contribution in [-0.4, -0.2) is 27.1 Å². The summed E-state index contributed by atoms with van der Waals surface area (Å²) in [6.07, 6.45) is 3.92. The molecule has 76 valence electrons. The van der Waals surface area contributed by atoms with Crippen molar-refractivity contribution in [3.05, 3.63) is 12.2 Å². The van der Waals surface area contributed by atoms with Gasteiger partial charge >= 0.3 is 0 Å². The summed E-state index contributed by atoms with van der Waals surface area (Å²) in [5.74, 6) is 1.91. The molecule has 5 heteroatoms. The Morgan fingerprint density at radius 3 is 3.00 bits per heavy atom. The molecular formula is C9H15N5. The fourth-order valence-corrected chi connectivity index (χ4v) is 1.53. The van der Waals surface area contributed by atoms with Crippen LogP contribution in [0.4, 0.5) is 0 Å². The molecule has 0 fully saturated rings. The van der Waals surface area contributed by atoms with Gasteiger partial charge in [-0.25, -0.2) is 4.98 Å². The maximum absolute atomic E-state index is 4.35. The summed E-state index contributed by atoms with van der Waals surface area (Å²) >= 11 is 0. The van der Waals surface area contributed by atoms with Crippen molar-refractivity contribution in [1.29, 1.82) is 0 Å². The summed E-state index contributed by atoms with van der Waals surface area (Å²) in [4.78, 5) is 8.54. The molecule has 2 heterocycles. The monoisotopic (exact) mass is 193 g/mol. The molecule has 14 heavy (non-hydrogen) atoms. The van der Waals surface area contributed by atoms with Crippen molar-refractivity contribution in [3.63, 3.8) is 0 Å². The van der Waals surface area contributed by atoms with Gasteiger partial charge in [0.2, 0.25) is 0 Å². The average molecular weight is 193 g/mol. The molecule has 1 N–H and O–H groups in total. The van der Waals surface area contributed by atoms with Gasteiger partial charge in [-0.3, -0.25) is 9.67 Å². The number of aryl methyl sites for hydroxylation is 1. The highest BCUT2D eigenvalue weighted by Crippen LogP contribution is 2.09. The van der Waals surface area contributed by atoms with Crippen molar-refractivity contribution in [2.75, 3.05) is 6.54 Å². The molecule has 1 aliphatic heterocycles. The first-order chi connectivity index (χ1) is 6.75. The molecule has 0 aliphatic carbocycles. The summed E-state index contributed by atoms with van der Waals surface area (Å²) in [7, 11) is 1.87. The Labute approximate surface area is 83.3 Å². The number of nitrogens with zero attached hydrogens (tertiary/aromatic N) is 4. The Hall–Kier alpha value is -1.39. The number of aromatic nitrogens is 3. The van der Waals surface area contributed by atoms with Crippen LogP contribution in [0, 0.1) is 0 Å². The van der Waals surface area contributed by atoms with Crippen molar-refractivity contribution >= 4 is 5.84 Å². The Morgan fingerprint density at radius 2 is 2.43 bits per heavy atom. The first-order valence-electron chi connectivity index (χ1n) is 4.91. The number of rotatable bonds is 2. The van der Waals surface area contributed by atoms with E-state index in [4.69, 9.17) is 0 Å². The van der Waals surface area contributed by atoms with Crippen molar-refractivity contribution < 1.29 is 0 Å². The average Bonchev–Trinajstić information content (AvgIpc) is 2.75. The minimum Gasteiger partial charge on any atom is -0.364 e. The van der Waals surface area contributed by atoms with Gasteiger partial charge < -0.3 is 5.32 Å². The third-order valence-corrected chi connectivity index (χ3v) is 2.26. The van der Waals surface area contributed by atoms with E-state index in [2.05, 4.69) is 27.3 Å². The molecule has 1 aliphatic rings. The van der Waals surface area contributed by atoms with E-state index in [1.54, 1.807) is 11.0 Å². The van der Waals surface area contributed by atoms with Crippen LogP contribution < -0.4 is 5.32 Å². The third kappa shape index (κ3) is 1.92. The molecule has 1 aromatic heterocycles.